The van der Waals surface area contributed by atoms with Gasteiger partial charge in [0.05, 0.1) is 6.04 Å². The van der Waals surface area contributed by atoms with E-state index in [0.29, 0.717) is 11.8 Å². The van der Waals surface area contributed by atoms with E-state index in [1.165, 1.54) is 25.7 Å². The van der Waals surface area contributed by atoms with Crippen LogP contribution in [0.1, 0.15) is 25.7 Å². The molecule has 0 saturated heterocycles. The number of carbonyl (C=O) groups is 1. The van der Waals surface area contributed by atoms with Crippen molar-refractivity contribution in [3.8, 4) is 0 Å². The van der Waals surface area contributed by atoms with Gasteiger partial charge in [-0.05, 0) is 37.5 Å². The zero-order valence-electron chi connectivity index (χ0n) is 8.15. The number of amides is 2. The van der Waals surface area contributed by atoms with Gasteiger partial charge >= 0.3 is 6.03 Å². The fourth-order valence-corrected chi connectivity index (χ4v) is 2.20. The molecule has 0 aromatic rings. The highest BCUT2D eigenvalue weighted by Gasteiger charge is 2.45. The Hall–Kier alpha value is -1.06. The molecule has 2 fully saturated rings. The molecule has 1 atom stereocenters. The highest BCUT2D eigenvalue weighted by Crippen LogP contribution is 2.39. The zero-order valence-corrected chi connectivity index (χ0v) is 8.15. The summed E-state index contributed by atoms with van der Waals surface area (Å²) >= 11 is 0. The van der Waals surface area contributed by atoms with E-state index >= 15 is 0 Å². The van der Waals surface area contributed by atoms with Crippen LogP contribution >= 0.6 is 0 Å². The number of urea groups is 1. The number of hydrogen-bond acceptors (Lipinski definition) is 2. The zero-order chi connectivity index (χ0) is 9.71. The van der Waals surface area contributed by atoms with Crippen molar-refractivity contribution in [1.29, 1.82) is 0 Å². The summed E-state index contributed by atoms with van der Waals surface area (Å²) in [4.78, 5) is 17.3. The average molecular weight is 193 g/mol. The number of aliphatic imine (C=N–C) groups is 1. The fourth-order valence-electron chi connectivity index (χ4n) is 2.20. The minimum absolute atomic E-state index is 0.105. The van der Waals surface area contributed by atoms with Gasteiger partial charge < -0.3 is 10.6 Å². The SMILES string of the molecule is NC1=NC(=O)N(CC2CC2)C1C1CC1. The largest absolute Gasteiger partial charge is 0.385 e. The smallest absolute Gasteiger partial charge is 0.345 e. The van der Waals surface area contributed by atoms with Crippen LogP contribution in [0, 0.1) is 11.8 Å². The predicted molar refractivity (Wildman–Crippen MR) is 53.0 cm³/mol. The second kappa shape index (κ2) is 2.72. The van der Waals surface area contributed by atoms with Crippen molar-refractivity contribution in [3.63, 3.8) is 0 Å². The van der Waals surface area contributed by atoms with Gasteiger partial charge in [-0.2, -0.15) is 4.99 Å². The molecule has 0 radical (unpaired) electrons. The van der Waals surface area contributed by atoms with Crippen LogP contribution in [0.4, 0.5) is 4.79 Å². The van der Waals surface area contributed by atoms with Crippen molar-refractivity contribution >= 4 is 11.9 Å². The van der Waals surface area contributed by atoms with Gasteiger partial charge in [-0.1, -0.05) is 0 Å². The van der Waals surface area contributed by atoms with E-state index in [1.54, 1.807) is 0 Å². The number of nitrogens with two attached hydrogens (primary N) is 1. The summed E-state index contributed by atoms with van der Waals surface area (Å²) in [6, 6.07) is 0.0365. The van der Waals surface area contributed by atoms with Crippen LogP contribution in [-0.2, 0) is 0 Å². The molecule has 0 bridgehead atoms. The van der Waals surface area contributed by atoms with Crippen LogP contribution in [0.3, 0.4) is 0 Å². The lowest BCUT2D eigenvalue weighted by Crippen LogP contribution is -2.43. The third kappa shape index (κ3) is 1.29. The van der Waals surface area contributed by atoms with Crippen LogP contribution in [0.5, 0.6) is 0 Å². The highest BCUT2D eigenvalue weighted by molar-refractivity contribution is 6.03. The molecule has 1 unspecified atom stereocenters. The first-order valence-corrected chi connectivity index (χ1v) is 5.40. The molecule has 4 heteroatoms. The van der Waals surface area contributed by atoms with E-state index in [-0.39, 0.29) is 12.1 Å². The van der Waals surface area contributed by atoms with Gasteiger partial charge in [-0.15, -0.1) is 0 Å². The topological polar surface area (TPSA) is 58.7 Å². The molecule has 0 spiro atoms. The van der Waals surface area contributed by atoms with Gasteiger partial charge in [-0.25, -0.2) is 4.79 Å². The van der Waals surface area contributed by atoms with Crippen molar-refractivity contribution in [2.75, 3.05) is 6.54 Å². The molecule has 0 aromatic heterocycles. The first kappa shape index (κ1) is 8.26. The molecule has 4 nitrogen and oxygen atoms in total. The summed E-state index contributed by atoms with van der Waals surface area (Å²) in [5.41, 5.74) is 5.78. The van der Waals surface area contributed by atoms with Gasteiger partial charge in [0, 0.05) is 6.54 Å². The van der Waals surface area contributed by atoms with Crippen molar-refractivity contribution in [1.82, 2.24) is 4.90 Å². The minimum Gasteiger partial charge on any atom is -0.385 e. The van der Waals surface area contributed by atoms with Crippen molar-refractivity contribution in [2.24, 2.45) is 22.6 Å². The Morgan fingerprint density at radius 2 is 2.07 bits per heavy atom. The van der Waals surface area contributed by atoms with Gasteiger partial charge in [0.1, 0.15) is 5.84 Å². The maximum Gasteiger partial charge on any atom is 0.345 e. The first-order chi connectivity index (χ1) is 6.75. The van der Waals surface area contributed by atoms with Crippen LogP contribution in [0.15, 0.2) is 4.99 Å². The lowest BCUT2D eigenvalue weighted by molar-refractivity contribution is 0.198. The normalized spacial score (nSPS) is 32.3. The number of amidine groups is 1. The van der Waals surface area contributed by atoms with E-state index < -0.39 is 0 Å². The molecule has 1 aliphatic heterocycles. The Balaban J connectivity index is 1.76. The lowest BCUT2D eigenvalue weighted by Gasteiger charge is -2.23. The van der Waals surface area contributed by atoms with E-state index in [0.717, 1.165) is 12.5 Å². The molecule has 2 N–H and O–H groups in total. The molecular formula is C10H15N3O. The van der Waals surface area contributed by atoms with Crippen LogP contribution in [0.2, 0.25) is 0 Å². The maximum atomic E-state index is 11.5. The third-order valence-corrected chi connectivity index (χ3v) is 3.33. The number of hydrogen-bond donors (Lipinski definition) is 1. The Morgan fingerprint density at radius 3 is 2.64 bits per heavy atom. The second-order valence-corrected chi connectivity index (χ2v) is 4.70. The summed E-state index contributed by atoms with van der Waals surface area (Å²) in [5, 5.41) is 0. The Bertz CT molecular complexity index is 304. The Morgan fingerprint density at radius 1 is 1.36 bits per heavy atom. The van der Waals surface area contributed by atoms with E-state index in [1.807, 2.05) is 4.90 Å². The molecule has 3 aliphatic rings. The van der Waals surface area contributed by atoms with Crippen molar-refractivity contribution in [3.05, 3.63) is 0 Å². The molecule has 2 saturated carbocycles. The maximum absolute atomic E-state index is 11.5. The first-order valence-electron chi connectivity index (χ1n) is 5.40. The molecule has 14 heavy (non-hydrogen) atoms. The van der Waals surface area contributed by atoms with E-state index in [4.69, 9.17) is 5.73 Å². The average Bonchev–Trinajstić information content (AvgIpc) is 2.96. The number of rotatable bonds is 3. The van der Waals surface area contributed by atoms with Crippen LogP contribution < -0.4 is 5.73 Å². The van der Waals surface area contributed by atoms with Gasteiger partial charge in [0.2, 0.25) is 0 Å². The van der Waals surface area contributed by atoms with Gasteiger partial charge in [0.25, 0.3) is 0 Å². The summed E-state index contributed by atoms with van der Waals surface area (Å²) in [5.74, 6) is 1.88. The second-order valence-electron chi connectivity index (χ2n) is 4.70. The Labute approximate surface area is 83.2 Å². The lowest BCUT2D eigenvalue weighted by atomic mass is 10.1. The minimum atomic E-state index is -0.105. The monoisotopic (exact) mass is 193 g/mol. The summed E-state index contributed by atoms with van der Waals surface area (Å²) < 4.78 is 0. The molecule has 76 valence electrons. The molecule has 2 aliphatic carbocycles. The number of nitrogens with zero attached hydrogens (tertiary/aromatic N) is 2. The molecule has 1 heterocycles. The summed E-state index contributed by atoms with van der Waals surface area (Å²) in [7, 11) is 0. The van der Waals surface area contributed by atoms with Crippen LogP contribution in [-0.4, -0.2) is 29.4 Å². The predicted octanol–water partition coefficient (Wildman–Crippen LogP) is 0.968. The number of carbonyl (C=O) groups excluding carboxylic acids is 1. The van der Waals surface area contributed by atoms with Gasteiger partial charge in [-0.3, -0.25) is 0 Å². The molecule has 2 amide bonds. The standard InChI is InChI=1S/C10H15N3O/c11-9-8(7-3-4-7)13(10(14)12-9)5-6-1-2-6/h6-8H,1-5H2,(H2,11,12,14). The molecule has 3 rings (SSSR count). The van der Waals surface area contributed by atoms with E-state index in [2.05, 4.69) is 4.99 Å². The molecular weight excluding hydrogens is 178 g/mol. The van der Waals surface area contributed by atoms with E-state index in [9.17, 15) is 4.79 Å². The summed E-state index contributed by atoms with van der Waals surface area (Å²) in [6.07, 6.45) is 4.94. The Kier molecular flexibility index (Phi) is 1.60. The van der Waals surface area contributed by atoms with Crippen molar-refractivity contribution in [2.45, 2.75) is 31.7 Å². The van der Waals surface area contributed by atoms with Crippen LogP contribution in [0.25, 0.3) is 0 Å². The van der Waals surface area contributed by atoms with Gasteiger partial charge in [0.15, 0.2) is 0 Å². The highest BCUT2D eigenvalue weighted by atomic mass is 16.2. The third-order valence-electron chi connectivity index (χ3n) is 3.33. The van der Waals surface area contributed by atoms with Crippen molar-refractivity contribution < 1.29 is 4.79 Å². The fraction of sp³-hybridized carbons (Fsp3) is 0.800. The summed E-state index contributed by atoms with van der Waals surface area (Å²) in [6.45, 7) is 0.879. The molecule has 0 aromatic carbocycles. The quantitative estimate of drug-likeness (QED) is 0.726.